The number of nitrogens with zero attached hydrogens (tertiary/aromatic N) is 3. The Kier molecular flexibility index (Phi) is 4.58. The van der Waals surface area contributed by atoms with Gasteiger partial charge < -0.3 is 4.74 Å². The minimum absolute atomic E-state index is 0.212. The van der Waals surface area contributed by atoms with E-state index < -0.39 is 15.4 Å². The van der Waals surface area contributed by atoms with E-state index in [0.29, 0.717) is 12.2 Å². The smallest absolute Gasteiger partial charge is 0.368 e. The lowest BCUT2D eigenvalue weighted by molar-refractivity contribution is 0.183. The summed E-state index contributed by atoms with van der Waals surface area (Å²) in [7, 11) is -3.36. The molecule has 98 valence electrons. The van der Waals surface area contributed by atoms with Gasteiger partial charge in [-0.05, 0) is 5.92 Å². The average molecular weight is 265 g/mol. The average Bonchev–Trinajstić information content (AvgIpc) is 2.56. The highest BCUT2D eigenvalue weighted by atomic mass is 32.3. The number of aromatic nitrogens is 3. The van der Waals surface area contributed by atoms with E-state index in [1.807, 2.05) is 13.8 Å². The van der Waals surface area contributed by atoms with Gasteiger partial charge >= 0.3 is 10.2 Å². The first-order chi connectivity index (χ1) is 7.86. The van der Waals surface area contributed by atoms with Crippen LogP contribution in [0.3, 0.4) is 0 Å². The molecule has 1 heterocycles. The molecule has 0 spiro atoms. The lowest BCUT2D eigenvalue weighted by Gasteiger charge is -2.09. The summed E-state index contributed by atoms with van der Waals surface area (Å²) < 4.78 is 40.8. The van der Waals surface area contributed by atoms with Crippen molar-refractivity contribution in [3.05, 3.63) is 5.82 Å². The summed E-state index contributed by atoms with van der Waals surface area (Å²) in [4.78, 5) is 0. The highest BCUT2D eigenvalue weighted by molar-refractivity contribution is 7.86. The third kappa shape index (κ3) is 3.74. The summed E-state index contributed by atoms with van der Waals surface area (Å²) >= 11 is 0. The van der Waals surface area contributed by atoms with Crippen molar-refractivity contribution in [1.29, 1.82) is 0 Å². The van der Waals surface area contributed by atoms with Gasteiger partial charge in [0.05, 0.1) is 13.2 Å². The quantitative estimate of drug-likeness (QED) is 0.711. The maximum Gasteiger partial charge on any atom is 0.368 e. The Morgan fingerprint density at radius 1 is 1.41 bits per heavy atom. The van der Waals surface area contributed by atoms with Crippen LogP contribution in [0.25, 0.3) is 0 Å². The first kappa shape index (κ1) is 14.0. The molecule has 0 saturated heterocycles. The van der Waals surface area contributed by atoms with Crippen LogP contribution in [0.2, 0.25) is 0 Å². The highest BCUT2D eigenvalue weighted by Gasteiger charge is 2.24. The molecule has 0 aliphatic heterocycles. The molecule has 1 rings (SSSR count). The molecule has 17 heavy (non-hydrogen) atoms. The molecule has 0 aliphatic carbocycles. The van der Waals surface area contributed by atoms with Crippen LogP contribution in [0, 0.1) is 5.92 Å². The van der Waals surface area contributed by atoms with Gasteiger partial charge in [-0.1, -0.05) is 17.7 Å². The van der Waals surface area contributed by atoms with Crippen molar-refractivity contribution in [3.63, 3.8) is 0 Å². The molecule has 0 aliphatic rings. The molecule has 0 aromatic carbocycles. The standard InChI is InChI=1S/C9H16FN3O3S/c1-7(2)6-8-11-12-9(17(10,14)15)13(8)4-5-16-3/h7H,4-6H2,1-3H3. The predicted octanol–water partition coefficient (Wildman–Crippen LogP) is 0.781. The van der Waals surface area contributed by atoms with Crippen LogP contribution in [0.1, 0.15) is 19.7 Å². The Morgan fingerprint density at radius 3 is 2.53 bits per heavy atom. The van der Waals surface area contributed by atoms with E-state index in [-0.39, 0.29) is 19.1 Å². The number of ether oxygens (including phenoxy) is 1. The molecule has 1 aromatic heterocycles. The molecule has 0 bridgehead atoms. The number of methoxy groups -OCH3 is 1. The highest BCUT2D eigenvalue weighted by Crippen LogP contribution is 2.14. The molecule has 1 aromatic rings. The van der Waals surface area contributed by atoms with E-state index in [2.05, 4.69) is 10.2 Å². The Hall–Kier alpha value is -1.02. The number of hydrogen-bond donors (Lipinski definition) is 0. The van der Waals surface area contributed by atoms with Gasteiger partial charge in [-0.2, -0.15) is 8.42 Å². The van der Waals surface area contributed by atoms with Crippen molar-refractivity contribution in [2.24, 2.45) is 5.92 Å². The third-order valence-electron chi connectivity index (χ3n) is 2.12. The second-order valence-corrected chi connectivity index (χ2v) is 5.32. The Labute approximate surface area is 100 Å². The van der Waals surface area contributed by atoms with Crippen LogP contribution < -0.4 is 0 Å². The fraction of sp³-hybridized carbons (Fsp3) is 0.778. The molecule has 0 N–H and O–H groups in total. The predicted molar refractivity (Wildman–Crippen MR) is 58.7 cm³/mol. The van der Waals surface area contributed by atoms with E-state index in [4.69, 9.17) is 4.74 Å². The Balaban J connectivity index is 3.10. The lowest BCUT2D eigenvalue weighted by atomic mass is 10.1. The summed E-state index contributed by atoms with van der Waals surface area (Å²) in [5.41, 5.74) is 0. The molecule has 0 fully saturated rings. The molecule has 0 amide bonds. The van der Waals surface area contributed by atoms with Crippen molar-refractivity contribution in [2.75, 3.05) is 13.7 Å². The van der Waals surface area contributed by atoms with Crippen molar-refractivity contribution >= 4 is 10.2 Å². The second-order valence-electron chi connectivity index (χ2n) is 4.08. The Morgan fingerprint density at radius 2 is 2.06 bits per heavy atom. The van der Waals surface area contributed by atoms with E-state index in [1.165, 1.54) is 11.7 Å². The molecule has 0 atom stereocenters. The lowest BCUT2D eigenvalue weighted by Crippen LogP contribution is -2.14. The third-order valence-corrected chi connectivity index (χ3v) is 2.86. The van der Waals surface area contributed by atoms with Crippen molar-refractivity contribution in [1.82, 2.24) is 14.8 Å². The number of rotatable bonds is 6. The van der Waals surface area contributed by atoms with Crippen molar-refractivity contribution in [2.45, 2.75) is 32.0 Å². The molecule has 0 unspecified atom stereocenters. The van der Waals surface area contributed by atoms with Crippen LogP contribution in [-0.2, 0) is 27.9 Å². The SMILES string of the molecule is COCCn1c(CC(C)C)nnc1S(=O)(=O)F. The molecule has 8 heteroatoms. The monoisotopic (exact) mass is 265 g/mol. The van der Waals surface area contributed by atoms with E-state index in [9.17, 15) is 12.3 Å². The van der Waals surface area contributed by atoms with Crippen LogP contribution >= 0.6 is 0 Å². The molecular weight excluding hydrogens is 249 g/mol. The van der Waals surface area contributed by atoms with Gasteiger partial charge in [0.25, 0.3) is 5.16 Å². The summed E-state index contributed by atoms with van der Waals surface area (Å²) in [6.45, 7) is 4.40. The zero-order valence-corrected chi connectivity index (χ0v) is 10.9. The van der Waals surface area contributed by atoms with Gasteiger partial charge in [0.15, 0.2) is 0 Å². The van der Waals surface area contributed by atoms with Crippen LogP contribution in [0.15, 0.2) is 5.16 Å². The second kappa shape index (κ2) is 5.54. The van der Waals surface area contributed by atoms with Gasteiger partial charge in [-0.3, -0.25) is 4.57 Å². The summed E-state index contributed by atoms with van der Waals surface area (Å²) in [6.07, 6.45) is 0.534. The fourth-order valence-electron chi connectivity index (χ4n) is 1.42. The minimum atomic E-state index is -4.85. The topological polar surface area (TPSA) is 74.1 Å². The molecule has 0 saturated carbocycles. The van der Waals surface area contributed by atoms with Gasteiger partial charge in [-0.25, -0.2) is 0 Å². The summed E-state index contributed by atoms with van der Waals surface area (Å²) in [5.74, 6) is 0.726. The van der Waals surface area contributed by atoms with Crippen LogP contribution in [-0.4, -0.2) is 36.9 Å². The number of halogens is 1. The molecule has 6 nitrogen and oxygen atoms in total. The number of hydrogen-bond acceptors (Lipinski definition) is 5. The van der Waals surface area contributed by atoms with E-state index >= 15 is 0 Å². The van der Waals surface area contributed by atoms with Crippen LogP contribution in [0.5, 0.6) is 0 Å². The molecule has 0 radical (unpaired) electrons. The van der Waals surface area contributed by atoms with E-state index in [0.717, 1.165) is 0 Å². The normalized spacial score (nSPS) is 12.3. The minimum Gasteiger partial charge on any atom is -0.383 e. The summed E-state index contributed by atoms with van der Waals surface area (Å²) in [6, 6.07) is 0. The zero-order chi connectivity index (χ0) is 13.1. The van der Waals surface area contributed by atoms with E-state index in [1.54, 1.807) is 0 Å². The van der Waals surface area contributed by atoms with Crippen LogP contribution in [0.4, 0.5) is 3.89 Å². The largest absolute Gasteiger partial charge is 0.383 e. The summed E-state index contributed by atoms with van der Waals surface area (Å²) in [5, 5.41) is 6.45. The zero-order valence-electron chi connectivity index (χ0n) is 10.1. The first-order valence-corrected chi connectivity index (χ1v) is 6.60. The maximum atomic E-state index is 13.0. The van der Waals surface area contributed by atoms with Gasteiger partial charge in [0.1, 0.15) is 5.82 Å². The van der Waals surface area contributed by atoms with Gasteiger partial charge in [0.2, 0.25) is 0 Å². The fourth-order valence-corrected chi connectivity index (χ4v) is 2.02. The van der Waals surface area contributed by atoms with Crippen molar-refractivity contribution < 1.29 is 17.0 Å². The van der Waals surface area contributed by atoms with Gasteiger partial charge in [0, 0.05) is 13.5 Å². The maximum absolute atomic E-state index is 13.0. The first-order valence-electron chi connectivity index (χ1n) is 5.22. The van der Waals surface area contributed by atoms with Gasteiger partial charge in [-0.15, -0.1) is 10.2 Å². The Bertz CT molecular complexity index is 470. The molecular formula is C9H16FN3O3S. The van der Waals surface area contributed by atoms with Crippen molar-refractivity contribution in [3.8, 4) is 0 Å².